The summed E-state index contributed by atoms with van der Waals surface area (Å²) in [4.78, 5) is 12.4. The highest BCUT2D eigenvalue weighted by Crippen LogP contribution is 2.31. The topological polar surface area (TPSA) is 61.3 Å². The average Bonchev–Trinajstić information content (AvgIpc) is 3.27. The van der Waals surface area contributed by atoms with Crippen LogP contribution < -0.4 is 4.74 Å². The van der Waals surface area contributed by atoms with Gasteiger partial charge in [0.2, 0.25) is 6.23 Å². The Morgan fingerprint density at radius 2 is 1.70 bits per heavy atom. The number of nitrogens with zero attached hydrogens (tertiary/aromatic N) is 3. The molecule has 2 atom stereocenters. The molecule has 0 aromatic carbocycles. The number of quaternary nitrogens is 1. The molecule has 1 aliphatic heterocycles. The van der Waals surface area contributed by atoms with Gasteiger partial charge in [-0.05, 0) is 12.8 Å². The fourth-order valence-electron chi connectivity index (χ4n) is 4.32. The number of likely N-dealkylation sites (N-methyl/N-ethyl adjacent to an activating group) is 1. The zero-order chi connectivity index (χ0) is 23.9. The lowest BCUT2D eigenvalue weighted by Gasteiger charge is -2.41. The molecular weight excluding hydrogens is 434 g/mol. The number of hydrogen-bond donors (Lipinski definition) is 0. The van der Waals surface area contributed by atoms with Crippen molar-refractivity contribution < 1.29 is 18.8 Å². The Bertz CT molecular complexity index is 721. The van der Waals surface area contributed by atoms with Crippen LogP contribution in [0.4, 0.5) is 0 Å². The predicted molar refractivity (Wildman–Crippen MR) is 136 cm³/mol. The van der Waals surface area contributed by atoms with Gasteiger partial charge in [0, 0.05) is 25.3 Å². The van der Waals surface area contributed by atoms with Crippen molar-refractivity contribution in [2.45, 2.75) is 110 Å². The molecule has 2 rings (SSSR count). The fourth-order valence-corrected chi connectivity index (χ4v) is 4.85. The van der Waals surface area contributed by atoms with Gasteiger partial charge in [-0.1, -0.05) is 77.7 Å². The van der Waals surface area contributed by atoms with Crippen LogP contribution in [0.5, 0.6) is 5.88 Å². The summed E-state index contributed by atoms with van der Waals surface area (Å²) in [6.45, 7) is 8.86. The van der Waals surface area contributed by atoms with Gasteiger partial charge >= 0.3 is 5.97 Å². The Balaban J connectivity index is 1.80. The third-order valence-electron chi connectivity index (χ3n) is 6.73. The van der Waals surface area contributed by atoms with Crippen molar-refractivity contribution in [3.8, 4) is 5.88 Å². The first-order valence-corrected chi connectivity index (χ1v) is 13.9. The first-order chi connectivity index (χ1) is 16.0. The molecule has 0 fully saturated rings. The van der Waals surface area contributed by atoms with Crippen molar-refractivity contribution in [1.29, 1.82) is 0 Å². The second kappa shape index (κ2) is 15.4. The quantitative estimate of drug-likeness (QED) is 0.140. The van der Waals surface area contributed by atoms with Gasteiger partial charge in [0.25, 0.3) is 5.88 Å². The lowest BCUT2D eigenvalue weighted by Crippen LogP contribution is -2.55. The van der Waals surface area contributed by atoms with E-state index in [1.54, 1.807) is 0 Å². The highest BCUT2D eigenvalue weighted by molar-refractivity contribution is 6.99. The molecule has 1 aromatic rings. The number of rotatable bonds is 17. The highest BCUT2D eigenvalue weighted by atomic mass is 32.1. The summed E-state index contributed by atoms with van der Waals surface area (Å²) >= 11 is 1.21. The van der Waals surface area contributed by atoms with Gasteiger partial charge < -0.3 is 9.47 Å². The fraction of sp³-hybridized carbons (Fsp3) is 0.808. The molecule has 7 heteroatoms. The number of esters is 1. The molecule has 0 spiro atoms. The van der Waals surface area contributed by atoms with E-state index in [-0.39, 0.29) is 12.2 Å². The monoisotopic (exact) mass is 480 g/mol. The minimum absolute atomic E-state index is 0.0714. The van der Waals surface area contributed by atoms with Crippen molar-refractivity contribution in [2.24, 2.45) is 0 Å². The van der Waals surface area contributed by atoms with Gasteiger partial charge in [-0.15, -0.1) is 4.37 Å². The summed E-state index contributed by atoms with van der Waals surface area (Å²) in [5.41, 5.74) is 2.01. The van der Waals surface area contributed by atoms with E-state index in [4.69, 9.17) is 9.47 Å². The molecule has 0 N–H and O–H groups in total. The van der Waals surface area contributed by atoms with Crippen LogP contribution in [0.2, 0.25) is 0 Å². The summed E-state index contributed by atoms with van der Waals surface area (Å²) in [6.07, 6.45) is 16.6. The van der Waals surface area contributed by atoms with Crippen LogP contribution in [0.3, 0.4) is 0 Å². The third kappa shape index (κ3) is 9.73. The second-order valence-corrected chi connectivity index (χ2v) is 10.2. The van der Waals surface area contributed by atoms with Crippen molar-refractivity contribution in [2.75, 3.05) is 26.7 Å². The molecule has 0 radical (unpaired) electrons. The lowest BCUT2D eigenvalue weighted by atomic mass is 10.0. The Morgan fingerprint density at radius 3 is 2.42 bits per heavy atom. The van der Waals surface area contributed by atoms with Gasteiger partial charge in [0.1, 0.15) is 12.2 Å². The Morgan fingerprint density at radius 1 is 1.03 bits per heavy atom. The van der Waals surface area contributed by atoms with E-state index in [2.05, 4.69) is 35.7 Å². The van der Waals surface area contributed by atoms with Crippen molar-refractivity contribution in [3.63, 3.8) is 0 Å². The zero-order valence-electron chi connectivity index (χ0n) is 21.4. The van der Waals surface area contributed by atoms with Crippen LogP contribution in [0.1, 0.15) is 110 Å². The summed E-state index contributed by atoms with van der Waals surface area (Å²) < 4.78 is 21.4. The molecule has 2 unspecified atom stereocenters. The normalized spacial score (nSPS) is 19.2. The average molecular weight is 481 g/mol. The molecule has 0 saturated carbocycles. The summed E-state index contributed by atoms with van der Waals surface area (Å²) in [6, 6.07) is 0. The Labute approximate surface area is 205 Å². The van der Waals surface area contributed by atoms with E-state index in [0.717, 1.165) is 50.0 Å². The minimum atomic E-state index is -0.184. The van der Waals surface area contributed by atoms with Crippen LogP contribution in [0, 0.1) is 0 Å². The van der Waals surface area contributed by atoms with Crippen molar-refractivity contribution in [1.82, 2.24) is 8.75 Å². The molecule has 0 amide bonds. The number of carbonyl (C=O) groups is 1. The van der Waals surface area contributed by atoms with Gasteiger partial charge in [0.05, 0.1) is 31.9 Å². The molecule has 2 heterocycles. The molecule has 6 nitrogen and oxygen atoms in total. The van der Waals surface area contributed by atoms with Crippen LogP contribution >= 0.6 is 11.7 Å². The standard InChI is InChI=1S/C26H46N3O3S/c1-5-7-9-11-12-13-14-18-24(30)32-22(3)29(4)19-16-17-23(21-29)25-26(28-33-27-25)31-20-15-10-8-6-2/h17,22H,5-16,18-21H2,1-4H3/q+1. The van der Waals surface area contributed by atoms with E-state index < -0.39 is 0 Å². The Hall–Kier alpha value is -1.47. The molecule has 33 heavy (non-hydrogen) atoms. The van der Waals surface area contributed by atoms with Crippen LogP contribution in [-0.2, 0) is 9.53 Å². The van der Waals surface area contributed by atoms with Gasteiger partial charge in [-0.2, -0.15) is 4.37 Å². The Kier molecular flexibility index (Phi) is 13.0. The maximum Gasteiger partial charge on any atom is 0.310 e. The number of hydrogen-bond acceptors (Lipinski definition) is 6. The van der Waals surface area contributed by atoms with Crippen molar-refractivity contribution >= 4 is 23.3 Å². The molecule has 0 bridgehead atoms. The summed E-state index contributed by atoms with van der Waals surface area (Å²) in [5, 5.41) is 0. The first kappa shape index (κ1) is 27.8. The van der Waals surface area contributed by atoms with Gasteiger partial charge in [-0.25, -0.2) is 0 Å². The van der Waals surface area contributed by atoms with E-state index >= 15 is 0 Å². The van der Waals surface area contributed by atoms with Crippen LogP contribution in [0.25, 0.3) is 5.57 Å². The number of carbonyl (C=O) groups excluding carboxylic acids is 1. The molecule has 188 valence electrons. The third-order valence-corrected chi connectivity index (χ3v) is 7.24. The maximum absolute atomic E-state index is 12.4. The van der Waals surface area contributed by atoms with Crippen molar-refractivity contribution in [3.05, 3.63) is 11.8 Å². The molecule has 0 aliphatic carbocycles. The van der Waals surface area contributed by atoms with E-state index in [1.807, 2.05) is 6.92 Å². The second-order valence-electron chi connectivity index (χ2n) is 9.67. The summed E-state index contributed by atoms with van der Waals surface area (Å²) in [5.74, 6) is 0.581. The number of aromatic nitrogens is 2. The maximum atomic E-state index is 12.4. The zero-order valence-corrected chi connectivity index (χ0v) is 22.3. The van der Waals surface area contributed by atoms with E-state index in [0.29, 0.717) is 23.4 Å². The molecule has 1 aliphatic rings. The molecular formula is C26H46N3O3S+. The SMILES string of the molecule is CCCCCCCCCC(=O)OC(C)[N+]1(C)CCC=C(c2nsnc2OCCCCCC)C1. The van der Waals surface area contributed by atoms with Crippen LogP contribution in [-0.4, -0.2) is 52.2 Å². The number of ether oxygens (including phenoxy) is 2. The first-order valence-electron chi connectivity index (χ1n) is 13.2. The highest BCUT2D eigenvalue weighted by Gasteiger charge is 2.36. The predicted octanol–water partition coefficient (Wildman–Crippen LogP) is 6.76. The summed E-state index contributed by atoms with van der Waals surface area (Å²) in [7, 11) is 2.17. The molecule has 1 aromatic heterocycles. The largest absolute Gasteiger partial charge is 0.475 e. The lowest BCUT2D eigenvalue weighted by molar-refractivity contribution is -0.944. The smallest absolute Gasteiger partial charge is 0.310 e. The number of unbranched alkanes of at least 4 members (excludes halogenated alkanes) is 9. The van der Waals surface area contributed by atoms with Gasteiger partial charge in [-0.3, -0.25) is 9.28 Å². The van der Waals surface area contributed by atoms with E-state index in [1.165, 1.54) is 63.1 Å². The minimum Gasteiger partial charge on any atom is -0.475 e. The van der Waals surface area contributed by atoms with Gasteiger partial charge in [0.15, 0.2) is 0 Å². The van der Waals surface area contributed by atoms with E-state index in [9.17, 15) is 4.79 Å². The molecule has 0 saturated heterocycles. The van der Waals surface area contributed by atoms with Crippen LogP contribution in [0.15, 0.2) is 6.08 Å².